The van der Waals surface area contributed by atoms with Gasteiger partial charge in [-0.2, -0.15) is 18.2 Å². The first-order chi connectivity index (χ1) is 16.3. The summed E-state index contributed by atoms with van der Waals surface area (Å²) in [7, 11) is 0. The number of nitrogens with zero attached hydrogens (tertiary/aromatic N) is 6. The van der Waals surface area contributed by atoms with Gasteiger partial charge < -0.3 is 14.2 Å². The third-order valence-electron chi connectivity index (χ3n) is 5.84. The molecule has 0 bridgehead atoms. The first kappa shape index (κ1) is 23.0. The van der Waals surface area contributed by atoms with E-state index in [1.807, 2.05) is 31.5 Å². The Morgan fingerprint density at radius 2 is 1.91 bits per heavy atom. The van der Waals surface area contributed by atoms with Gasteiger partial charge in [0.25, 0.3) is 11.0 Å². The molecule has 0 radical (unpaired) electrons. The summed E-state index contributed by atoms with van der Waals surface area (Å²) in [6.07, 6.45) is 0.654. The first-order valence-corrected chi connectivity index (χ1v) is 12.7. The van der Waals surface area contributed by atoms with Crippen molar-refractivity contribution in [2.45, 2.75) is 36.9 Å². The number of aromatic nitrogens is 5. The molecular weight excluding hydrogens is 489 g/mol. The Balaban J connectivity index is 1.18. The van der Waals surface area contributed by atoms with Gasteiger partial charge in [0.2, 0.25) is 4.96 Å². The van der Waals surface area contributed by atoms with E-state index in [2.05, 4.69) is 32.4 Å². The van der Waals surface area contributed by atoms with Crippen LogP contribution in [0.3, 0.4) is 0 Å². The number of benzene rings is 1. The molecule has 180 valence electrons. The smallest absolute Gasteiger partial charge is 0.455 e. The fourth-order valence-electron chi connectivity index (χ4n) is 3.90. The summed E-state index contributed by atoms with van der Waals surface area (Å²) in [6, 6.07) is 8.12. The third kappa shape index (κ3) is 4.71. The minimum atomic E-state index is -4.62. The van der Waals surface area contributed by atoms with Crippen LogP contribution in [-0.2, 0) is 6.18 Å². The van der Waals surface area contributed by atoms with Gasteiger partial charge >= 0.3 is 12.2 Å². The SMILES string of the molecule is CSc1ccc(-c2cn3nc(OC(C)C4CCN(c5nc(C(F)(F)F)no5)CC4)sc3n2)cc1. The van der Waals surface area contributed by atoms with Crippen LogP contribution >= 0.6 is 23.1 Å². The summed E-state index contributed by atoms with van der Waals surface area (Å²) in [5.41, 5.74) is 1.88. The summed E-state index contributed by atoms with van der Waals surface area (Å²) in [4.78, 5) is 11.8. The first-order valence-electron chi connectivity index (χ1n) is 10.6. The molecule has 1 aliphatic heterocycles. The number of hydrogen-bond donors (Lipinski definition) is 0. The highest BCUT2D eigenvalue weighted by Gasteiger charge is 2.38. The van der Waals surface area contributed by atoms with Crippen LogP contribution in [0.1, 0.15) is 25.6 Å². The van der Waals surface area contributed by atoms with Gasteiger partial charge in [-0.1, -0.05) is 12.1 Å². The van der Waals surface area contributed by atoms with Crippen LogP contribution < -0.4 is 9.64 Å². The predicted molar refractivity (Wildman–Crippen MR) is 122 cm³/mol. The molecule has 0 saturated carbocycles. The standard InChI is InChI=1S/C21H21F3N6O2S2/c1-12(13-7-9-29(10-8-13)18-26-17(28-32-18)21(22,23)24)31-20-27-30-11-16(25-19(30)34-20)14-3-5-15(33-2)6-4-14/h3-6,11-13H,7-10H2,1-2H3. The van der Waals surface area contributed by atoms with Gasteiger partial charge in [-0.3, -0.25) is 0 Å². The van der Waals surface area contributed by atoms with Crippen molar-refractivity contribution in [3.63, 3.8) is 0 Å². The molecule has 1 saturated heterocycles. The lowest BCUT2D eigenvalue weighted by Gasteiger charge is -2.33. The fraction of sp³-hybridized carbons (Fsp3) is 0.429. The van der Waals surface area contributed by atoms with E-state index in [1.54, 1.807) is 21.2 Å². The van der Waals surface area contributed by atoms with Gasteiger partial charge in [0, 0.05) is 23.5 Å². The molecule has 1 aromatic carbocycles. The van der Waals surface area contributed by atoms with Gasteiger partial charge in [-0.25, -0.2) is 9.50 Å². The van der Waals surface area contributed by atoms with Crippen molar-refractivity contribution in [3.8, 4) is 16.5 Å². The van der Waals surface area contributed by atoms with Gasteiger partial charge in [0.1, 0.15) is 6.10 Å². The summed E-state index contributed by atoms with van der Waals surface area (Å²) in [6.45, 7) is 3.01. The molecule has 3 aromatic heterocycles. The van der Waals surface area contributed by atoms with E-state index in [9.17, 15) is 13.2 Å². The Bertz CT molecular complexity index is 1230. The number of halogens is 3. The number of alkyl halides is 3. The fourth-order valence-corrected chi connectivity index (χ4v) is 5.13. The van der Waals surface area contributed by atoms with E-state index in [0.29, 0.717) is 18.3 Å². The zero-order chi connectivity index (χ0) is 23.9. The lowest BCUT2D eigenvalue weighted by molar-refractivity contribution is -0.146. The van der Waals surface area contributed by atoms with Crippen molar-refractivity contribution < 1.29 is 22.4 Å². The highest BCUT2D eigenvalue weighted by atomic mass is 32.2. The van der Waals surface area contributed by atoms with Crippen molar-refractivity contribution in [1.29, 1.82) is 0 Å². The molecule has 1 fully saturated rings. The number of fused-ring (bicyclic) bond motifs is 1. The van der Waals surface area contributed by atoms with Crippen molar-refractivity contribution in [2.75, 3.05) is 24.2 Å². The number of anilines is 1. The van der Waals surface area contributed by atoms with Crippen LogP contribution in [0.15, 0.2) is 39.9 Å². The van der Waals surface area contributed by atoms with Gasteiger partial charge in [0.15, 0.2) is 0 Å². The average Bonchev–Trinajstić information content (AvgIpc) is 3.54. The number of rotatable bonds is 6. The minimum absolute atomic E-state index is 0.0978. The molecule has 1 atom stereocenters. The lowest BCUT2D eigenvalue weighted by Crippen LogP contribution is -2.38. The molecule has 4 heterocycles. The number of thioether (sulfide) groups is 1. The number of hydrogen-bond acceptors (Lipinski definition) is 9. The van der Waals surface area contributed by atoms with Gasteiger partial charge in [-0.15, -0.1) is 16.9 Å². The number of ether oxygens (including phenoxy) is 1. The molecule has 1 aliphatic rings. The predicted octanol–water partition coefficient (Wildman–Crippen LogP) is 5.27. The summed E-state index contributed by atoms with van der Waals surface area (Å²) in [5.74, 6) is -1.03. The molecular formula is C21H21F3N6O2S2. The highest BCUT2D eigenvalue weighted by molar-refractivity contribution is 7.98. The Kier molecular flexibility index (Phi) is 6.15. The number of imidazole rings is 1. The summed E-state index contributed by atoms with van der Waals surface area (Å²) in [5, 5.41) is 8.08. The largest absolute Gasteiger partial charge is 0.466 e. The molecule has 8 nitrogen and oxygen atoms in total. The van der Waals surface area contributed by atoms with Crippen molar-refractivity contribution in [3.05, 3.63) is 36.3 Å². The van der Waals surface area contributed by atoms with Crippen LogP contribution in [0.4, 0.5) is 19.2 Å². The van der Waals surface area contributed by atoms with E-state index < -0.39 is 12.0 Å². The van der Waals surface area contributed by atoms with E-state index >= 15 is 0 Å². The maximum Gasteiger partial charge on any atom is 0.455 e. The molecule has 1 unspecified atom stereocenters. The normalized spacial score (nSPS) is 16.3. The monoisotopic (exact) mass is 510 g/mol. The van der Waals surface area contributed by atoms with E-state index in [0.717, 1.165) is 29.1 Å². The minimum Gasteiger partial charge on any atom is -0.466 e. The van der Waals surface area contributed by atoms with Crippen LogP contribution in [0.5, 0.6) is 5.19 Å². The second kappa shape index (κ2) is 9.10. The van der Waals surface area contributed by atoms with Gasteiger partial charge in [-0.05, 0) is 60.6 Å². The van der Waals surface area contributed by atoms with Crippen LogP contribution in [0, 0.1) is 5.92 Å². The maximum atomic E-state index is 12.7. The Hall–Kier alpha value is -2.80. The van der Waals surface area contributed by atoms with Crippen molar-refractivity contribution in [2.24, 2.45) is 5.92 Å². The Labute approximate surface area is 201 Å². The van der Waals surface area contributed by atoms with Crippen LogP contribution in [0.2, 0.25) is 0 Å². The lowest BCUT2D eigenvalue weighted by atomic mass is 9.92. The molecule has 0 N–H and O–H groups in total. The molecule has 0 spiro atoms. The van der Waals surface area contributed by atoms with Crippen molar-refractivity contribution >= 4 is 34.1 Å². The van der Waals surface area contributed by atoms with Gasteiger partial charge in [0.05, 0.1) is 11.9 Å². The zero-order valence-electron chi connectivity index (χ0n) is 18.3. The topological polar surface area (TPSA) is 81.6 Å². The van der Waals surface area contributed by atoms with E-state index in [-0.39, 0.29) is 18.0 Å². The van der Waals surface area contributed by atoms with E-state index in [4.69, 9.17) is 9.26 Å². The molecule has 13 heteroatoms. The zero-order valence-corrected chi connectivity index (χ0v) is 20.0. The summed E-state index contributed by atoms with van der Waals surface area (Å²) >= 11 is 3.07. The average molecular weight is 511 g/mol. The second-order valence-electron chi connectivity index (χ2n) is 8.00. The molecule has 0 amide bonds. The molecule has 34 heavy (non-hydrogen) atoms. The third-order valence-corrected chi connectivity index (χ3v) is 7.40. The maximum absolute atomic E-state index is 12.7. The number of piperidine rings is 1. The Morgan fingerprint density at radius 1 is 1.18 bits per heavy atom. The van der Waals surface area contributed by atoms with Crippen molar-refractivity contribution in [1.82, 2.24) is 24.7 Å². The summed E-state index contributed by atoms with van der Waals surface area (Å²) < 4.78 is 50.7. The highest BCUT2D eigenvalue weighted by Crippen LogP contribution is 2.32. The quantitative estimate of drug-likeness (QED) is 0.325. The molecule has 4 aromatic rings. The molecule has 0 aliphatic carbocycles. The van der Waals surface area contributed by atoms with E-state index in [1.165, 1.54) is 16.2 Å². The molecule has 5 rings (SSSR count). The Morgan fingerprint density at radius 3 is 2.53 bits per heavy atom. The van der Waals surface area contributed by atoms with Crippen LogP contribution in [0.25, 0.3) is 16.2 Å². The second-order valence-corrected chi connectivity index (χ2v) is 9.79. The van der Waals surface area contributed by atoms with Crippen LogP contribution in [-0.4, -0.2) is 50.2 Å².